The van der Waals surface area contributed by atoms with E-state index in [0.717, 1.165) is 13.0 Å². The molecule has 98 valence electrons. The second kappa shape index (κ2) is 8.82. The highest BCUT2D eigenvalue weighted by Crippen LogP contribution is 2.22. The van der Waals surface area contributed by atoms with Gasteiger partial charge in [0.15, 0.2) is 0 Å². The molecule has 16 heavy (non-hydrogen) atoms. The van der Waals surface area contributed by atoms with E-state index in [1.165, 1.54) is 0 Å². The van der Waals surface area contributed by atoms with Gasteiger partial charge in [0.1, 0.15) is 0 Å². The van der Waals surface area contributed by atoms with Crippen LogP contribution in [0.25, 0.3) is 0 Å². The van der Waals surface area contributed by atoms with E-state index < -0.39 is 12.6 Å². The summed E-state index contributed by atoms with van der Waals surface area (Å²) >= 11 is 0. The number of hydrogen-bond donors (Lipinski definition) is 1. The highest BCUT2D eigenvalue weighted by molar-refractivity contribution is 4.68. The van der Waals surface area contributed by atoms with Crippen LogP contribution >= 0.6 is 0 Å². The monoisotopic (exact) mass is 241 g/mol. The summed E-state index contributed by atoms with van der Waals surface area (Å²) in [5.41, 5.74) is 0. The molecule has 5 heteroatoms. The van der Waals surface area contributed by atoms with E-state index in [9.17, 15) is 13.2 Å². The molecule has 2 nitrogen and oxygen atoms in total. The Morgan fingerprint density at radius 1 is 1.19 bits per heavy atom. The summed E-state index contributed by atoms with van der Waals surface area (Å²) in [6.45, 7) is 5.77. The largest absolute Gasteiger partial charge is 0.389 e. The van der Waals surface area contributed by atoms with Gasteiger partial charge in [-0.05, 0) is 32.7 Å². The van der Waals surface area contributed by atoms with Crippen LogP contribution in [0.2, 0.25) is 0 Å². The van der Waals surface area contributed by atoms with Crippen molar-refractivity contribution in [1.82, 2.24) is 5.32 Å². The number of hydrogen-bond acceptors (Lipinski definition) is 2. The molecule has 0 aliphatic rings. The van der Waals surface area contributed by atoms with Crippen LogP contribution in [-0.2, 0) is 4.74 Å². The minimum absolute atomic E-state index is 0.0897. The Balaban J connectivity index is 3.80. The van der Waals surface area contributed by atoms with E-state index in [0.29, 0.717) is 19.6 Å². The molecule has 0 aromatic rings. The number of rotatable bonds is 9. The fourth-order valence-corrected chi connectivity index (χ4v) is 1.40. The molecule has 0 bridgehead atoms. The van der Waals surface area contributed by atoms with Gasteiger partial charge in [0, 0.05) is 25.7 Å². The van der Waals surface area contributed by atoms with Crippen molar-refractivity contribution in [2.24, 2.45) is 0 Å². The van der Waals surface area contributed by atoms with Crippen LogP contribution in [0.4, 0.5) is 13.2 Å². The molecule has 0 radical (unpaired) electrons. The summed E-state index contributed by atoms with van der Waals surface area (Å²) in [5, 5.41) is 3.12. The summed E-state index contributed by atoms with van der Waals surface area (Å²) in [6.07, 6.45) is -3.07. The number of ether oxygens (including phenoxy) is 1. The van der Waals surface area contributed by atoms with Crippen molar-refractivity contribution in [2.75, 3.05) is 19.8 Å². The zero-order chi connectivity index (χ0) is 12.4. The van der Waals surface area contributed by atoms with Crippen LogP contribution in [0.5, 0.6) is 0 Å². The topological polar surface area (TPSA) is 21.3 Å². The lowest BCUT2D eigenvalue weighted by Crippen LogP contribution is -2.32. The van der Waals surface area contributed by atoms with Crippen molar-refractivity contribution in [2.45, 2.75) is 51.7 Å². The highest BCUT2D eigenvalue weighted by Gasteiger charge is 2.28. The minimum atomic E-state index is -4.06. The van der Waals surface area contributed by atoms with Crippen LogP contribution in [0.15, 0.2) is 0 Å². The molecule has 1 N–H and O–H groups in total. The van der Waals surface area contributed by atoms with Crippen LogP contribution in [0.1, 0.15) is 39.5 Å². The number of alkyl halides is 3. The lowest BCUT2D eigenvalue weighted by molar-refractivity contribution is -0.136. The molecule has 1 atom stereocenters. The number of halogens is 3. The molecule has 0 aliphatic heterocycles. The third kappa shape index (κ3) is 10.2. The van der Waals surface area contributed by atoms with Gasteiger partial charge in [-0.1, -0.05) is 6.92 Å². The maximum Gasteiger partial charge on any atom is 0.389 e. The standard InChI is InChI=1S/C11H22F3NO/c1-3-8-15-10(6-9-16-4-2)5-7-11(12,13)14/h10,15H,3-9H2,1-2H3. The Labute approximate surface area is 95.5 Å². The lowest BCUT2D eigenvalue weighted by Gasteiger charge is -2.19. The molecule has 0 heterocycles. The molecule has 0 aliphatic carbocycles. The Bertz CT molecular complexity index is 162. The average molecular weight is 241 g/mol. The molecule has 0 saturated heterocycles. The van der Waals surface area contributed by atoms with E-state index in [-0.39, 0.29) is 12.5 Å². The minimum Gasteiger partial charge on any atom is -0.382 e. The van der Waals surface area contributed by atoms with Crippen molar-refractivity contribution < 1.29 is 17.9 Å². The summed E-state index contributed by atoms with van der Waals surface area (Å²) in [5.74, 6) is 0. The van der Waals surface area contributed by atoms with Crippen molar-refractivity contribution in [3.8, 4) is 0 Å². The summed E-state index contributed by atoms with van der Waals surface area (Å²) in [7, 11) is 0. The van der Waals surface area contributed by atoms with Gasteiger partial charge >= 0.3 is 6.18 Å². The summed E-state index contributed by atoms with van der Waals surface area (Å²) < 4.78 is 41.4. The van der Waals surface area contributed by atoms with E-state index >= 15 is 0 Å². The highest BCUT2D eigenvalue weighted by atomic mass is 19.4. The SMILES string of the molecule is CCCNC(CCOCC)CCC(F)(F)F. The van der Waals surface area contributed by atoms with Gasteiger partial charge in [-0.3, -0.25) is 0 Å². The van der Waals surface area contributed by atoms with Gasteiger partial charge < -0.3 is 10.1 Å². The molecular weight excluding hydrogens is 219 g/mol. The number of nitrogens with one attached hydrogen (secondary N) is 1. The quantitative estimate of drug-likeness (QED) is 0.626. The zero-order valence-electron chi connectivity index (χ0n) is 10.1. The molecule has 0 amide bonds. The van der Waals surface area contributed by atoms with Crippen LogP contribution in [0, 0.1) is 0 Å². The molecule has 0 fully saturated rings. The molecule has 0 aromatic heterocycles. The Morgan fingerprint density at radius 2 is 1.88 bits per heavy atom. The van der Waals surface area contributed by atoms with Crippen molar-refractivity contribution in [3.63, 3.8) is 0 Å². The van der Waals surface area contributed by atoms with Gasteiger partial charge in [0.2, 0.25) is 0 Å². The molecule has 0 saturated carbocycles. The summed E-state index contributed by atoms with van der Waals surface area (Å²) in [6, 6.07) is -0.0897. The maximum atomic E-state index is 12.1. The van der Waals surface area contributed by atoms with Crippen LogP contribution in [0.3, 0.4) is 0 Å². The Hall–Kier alpha value is -0.290. The van der Waals surface area contributed by atoms with Crippen molar-refractivity contribution in [3.05, 3.63) is 0 Å². The third-order valence-corrected chi connectivity index (χ3v) is 2.27. The average Bonchev–Trinajstić information content (AvgIpc) is 2.20. The molecular formula is C11H22F3NO. The first kappa shape index (κ1) is 15.7. The van der Waals surface area contributed by atoms with Gasteiger partial charge in [0.05, 0.1) is 0 Å². The normalized spacial score (nSPS) is 14.1. The van der Waals surface area contributed by atoms with Gasteiger partial charge in [-0.2, -0.15) is 13.2 Å². The van der Waals surface area contributed by atoms with E-state index in [2.05, 4.69) is 5.32 Å². The third-order valence-electron chi connectivity index (χ3n) is 2.27. The second-order valence-corrected chi connectivity index (χ2v) is 3.79. The Kier molecular flexibility index (Phi) is 8.66. The zero-order valence-corrected chi connectivity index (χ0v) is 10.1. The lowest BCUT2D eigenvalue weighted by atomic mass is 10.1. The van der Waals surface area contributed by atoms with Gasteiger partial charge in [0.25, 0.3) is 0 Å². The fraction of sp³-hybridized carbons (Fsp3) is 1.00. The molecule has 1 unspecified atom stereocenters. The van der Waals surface area contributed by atoms with Gasteiger partial charge in [-0.25, -0.2) is 0 Å². The fourth-order valence-electron chi connectivity index (χ4n) is 1.40. The predicted molar refractivity (Wildman–Crippen MR) is 58.5 cm³/mol. The van der Waals surface area contributed by atoms with E-state index in [1.807, 2.05) is 13.8 Å². The smallest absolute Gasteiger partial charge is 0.382 e. The molecule has 0 rings (SSSR count). The van der Waals surface area contributed by atoms with Crippen LogP contribution in [-0.4, -0.2) is 32.0 Å². The first-order valence-electron chi connectivity index (χ1n) is 5.87. The van der Waals surface area contributed by atoms with Crippen molar-refractivity contribution in [1.29, 1.82) is 0 Å². The Morgan fingerprint density at radius 3 is 2.38 bits per heavy atom. The second-order valence-electron chi connectivity index (χ2n) is 3.79. The van der Waals surface area contributed by atoms with E-state index in [1.54, 1.807) is 0 Å². The predicted octanol–water partition coefficient (Wildman–Crippen LogP) is 3.12. The van der Waals surface area contributed by atoms with Gasteiger partial charge in [-0.15, -0.1) is 0 Å². The maximum absolute atomic E-state index is 12.1. The van der Waals surface area contributed by atoms with E-state index in [4.69, 9.17) is 4.74 Å². The summed E-state index contributed by atoms with van der Waals surface area (Å²) in [4.78, 5) is 0. The first-order valence-corrected chi connectivity index (χ1v) is 5.87. The first-order chi connectivity index (χ1) is 7.49. The molecule has 0 aromatic carbocycles. The molecule has 0 spiro atoms. The van der Waals surface area contributed by atoms with Crippen molar-refractivity contribution >= 4 is 0 Å². The van der Waals surface area contributed by atoms with Crippen LogP contribution < -0.4 is 5.32 Å².